The Kier molecular flexibility index (Phi) is 7.27. The van der Waals surface area contributed by atoms with Gasteiger partial charge >= 0.3 is 24.9 Å². The zero-order valence-electron chi connectivity index (χ0n) is 11.0. The molecule has 0 aromatic carbocycles. The number of nitrogens with zero attached hydrogens (tertiary/aromatic N) is 3. The summed E-state index contributed by atoms with van der Waals surface area (Å²) in [5.74, 6) is 0.125. The molecule has 0 fully saturated rings. The van der Waals surface area contributed by atoms with Crippen LogP contribution in [0.3, 0.4) is 0 Å². The third kappa shape index (κ3) is 12.4. The number of phosphoric acid groups is 1. The summed E-state index contributed by atoms with van der Waals surface area (Å²) in [7, 11) is -4.64. The lowest BCUT2D eigenvalue weighted by Gasteiger charge is -1.93. The topological polar surface area (TPSA) is 293 Å². The van der Waals surface area contributed by atoms with Crippen LogP contribution in [0.25, 0.3) is 0 Å². The predicted molar refractivity (Wildman–Crippen MR) is 75.6 cm³/mol. The molecule has 0 radical (unpaired) electrons. The van der Waals surface area contributed by atoms with Gasteiger partial charge in [-0.3, -0.25) is 15.0 Å². The quantitative estimate of drug-likeness (QED) is 0.202. The highest BCUT2D eigenvalue weighted by Gasteiger charge is 2.00. The average Bonchev–Trinajstić information content (AvgIpc) is 2.22. The van der Waals surface area contributed by atoms with Crippen molar-refractivity contribution in [3.8, 4) is 0 Å². The molecule has 0 aliphatic rings. The maximum atomic E-state index is 10.2. The van der Waals surface area contributed by atoms with E-state index in [0.717, 1.165) is 0 Å². The van der Waals surface area contributed by atoms with Crippen LogP contribution in [0.2, 0.25) is 0 Å². The smallest absolute Gasteiger partial charge is 0.368 e. The highest BCUT2D eigenvalue weighted by atomic mass is 31.2. The molecule has 2 aromatic heterocycles. The van der Waals surface area contributed by atoms with E-state index in [4.69, 9.17) is 36.4 Å². The Morgan fingerprint density at radius 1 is 0.696 bits per heavy atom. The van der Waals surface area contributed by atoms with Gasteiger partial charge in [0.1, 0.15) is 0 Å². The van der Waals surface area contributed by atoms with Crippen LogP contribution in [0.1, 0.15) is 0 Å². The molecule has 0 saturated heterocycles. The second-order valence-electron chi connectivity index (χ2n) is 3.29. The molecule has 2 rings (SSSR count). The van der Waals surface area contributed by atoms with Crippen LogP contribution in [-0.4, -0.2) is 44.6 Å². The molecular weight excluding hydrogens is 341 g/mol. The Hall–Kier alpha value is -3.07. The van der Waals surface area contributed by atoms with Gasteiger partial charge < -0.3 is 31.9 Å². The van der Waals surface area contributed by atoms with Gasteiger partial charge in [0.15, 0.2) is 0 Å². The fourth-order valence-corrected chi connectivity index (χ4v) is 0.830. The van der Waals surface area contributed by atoms with Crippen molar-refractivity contribution < 1.29 is 19.2 Å². The second-order valence-corrected chi connectivity index (χ2v) is 4.31. The first-order valence-corrected chi connectivity index (χ1v) is 6.67. The van der Waals surface area contributed by atoms with Crippen LogP contribution in [0.4, 0.5) is 17.8 Å². The number of anilines is 3. The van der Waals surface area contributed by atoms with Crippen LogP contribution >= 0.6 is 7.82 Å². The first kappa shape index (κ1) is 19.9. The molecule has 16 nitrogen and oxygen atoms in total. The molecule has 0 aliphatic heterocycles. The number of rotatable bonds is 0. The number of nitrogens with one attached hydrogen (secondary N) is 3. The zero-order chi connectivity index (χ0) is 18.2. The van der Waals surface area contributed by atoms with E-state index in [2.05, 4.69) is 15.0 Å². The van der Waals surface area contributed by atoms with Gasteiger partial charge in [-0.15, -0.1) is 0 Å². The monoisotopic (exact) mass is 353 g/mol. The number of nitrogens with two attached hydrogens (primary N) is 3. The van der Waals surface area contributed by atoms with E-state index < -0.39 is 24.9 Å². The molecule has 128 valence electrons. The highest BCUT2D eigenvalue weighted by Crippen LogP contribution is 2.25. The van der Waals surface area contributed by atoms with E-state index in [1.54, 1.807) is 15.0 Å². The van der Waals surface area contributed by atoms with Crippen LogP contribution in [0.15, 0.2) is 14.4 Å². The third-order valence-corrected chi connectivity index (χ3v) is 1.37. The molecule has 0 amide bonds. The largest absolute Gasteiger partial charge is 0.466 e. The normalized spacial score (nSPS) is 9.87. The molecule has 0 aliphatic carbocycles. The van der Waals surface area contributed by atoms with Gasteiger partial charge in [0.25, 0.3) is 0 Å². The molecule has 2 aromatic rings. The summed E-state index contributed by atoms with van der Waals surface area (Å²) in [5, 5.41) is 0. The number of aromatic amines is 3. The number of aromatic nitrogens is 6. The summed E-state index contributed by atoms with van der Waals surface area (Å²) < 4.78 is 8.88. The minimum absolute atomic E-state index is 0.0417. The van der Waals surface area contributed by atoms with Crippen LogP contribution < -0.4 is 34.3 Å². The summed E-state index contributed by atoms with van der Waals surface area (Å²) in [6, 6.07) is 0. The van der Waals surface area contributed by atoms with Crippen molar-refractivity contribution in [2.24, 2.45) is 0 Å². The predicted octanol–water partition coefficient (Wildman–Crippen LogP) is -4.56. The Balaban J connectivity index is 0.000000332. The van der Waals surface area contributed by atoms with Crippen molar-refractivity contribution >= 4 is 25.7 Å². The molecule has 0 atom stereocenters. The summed E-state index contributed by atoms with van der Waals surface area (Å²) in [6.07, 6.45) is 0. The minimum atomic E-state index is -4.64. The molecular formula is C6H12N9O7P. The lowest BCUT2D eigenvalue weighted by molar-refractivity contribution is 0.275. The molecule has 0 saturated carbocycles. The van der Waals surface area contributed by atoms with E-state index in [9.17, 15) is 14.4 Å². The lowest BCUT2D eigenvalue weighted by Crippen LogP contribution is -2.34. The van der Waals surface area contributed by atoms with E-state index in [1.165, 1.54) is 0 Å². The van der Waals surface area contributed by atoms with Gasteiger partial charge in [-0.05, 0) is 0 Å². The average molecular weight is 353 g/mol. The number of hydrogen-bond acceptors (Lipinski definition) is 10. The van der Waals surface area contributed by atoms with Crippen LogP contribution in [0, 0.1) is 0 Å². The van der Waals surface area contributed by atoms with Crippen LogP contribution in [0.5, 0.6) is 0 Å². The minimum Gasteiger partial charge on any atom is -0.368 e. The molecule has 0 bridgehead atoms. The van der Waals surface area contributed by atoms with Gasteiger partial charge in [0.2, 0.25) is 17.8 Å². The van der Waals surface area contributed by atoms with Gasteiger partial charge in [-0.2, -0.15) is 15.0 Å². The molecule has 12 N–H and O–H groups in total. The molecule has 2 heterocycles. The van der Waals surface area contributed by atoms with Crippen molar-refractivity contribution in [1.82, 2.24) is 29.9 Å². The fraction of sp³-hybridized carbons (Fsp3) is 0. The van der Waals surface area contributed by atoms with Crippen molar-refractivity contribution in [3.05, 3.63) is 31.5 Å². The van der Waals surface area contributed by atoms with Crippen molar-refractivity contribution in [2.75, 3.05) is 17.2 Å². The van der Waals surface area contributed by atoms with Gasteiger partial charge in [-0.1, -0.05) is 0 Å². The summed E-state index contributed by atoms with van der Waals surface area (Å²) >= 11 is 0. The first-order chi connectivity index (χ1) is 10.4. The summed E-state index contributed by atoms with van der Waals surface area (Å²) in [6.45, 7) is 0. The molecule has 23 heavy (non-hydrogen) atoms. The standard InChI is InChI=1S/C3H6N6.C3H3N3O3.H3O4P/c4-1-7-2(5)9-3(6)8-1;7-1-4-2(8)6-3(9)5-1;1-5(2,3)4/h(H6,4,5,6,7,8,9);(H3,4,5,6,7,8,9);(H3,1,2,3,4). The number of H-pyrrole nitrogens is 3. The second kappa shape index (κ2) is 8.39. The van der Waals surface area contributed by atoms with E-state index in [1.807, 2.05) is 0 Å². The number of hydrogen-bond donors (Lipinski definition) is 9. The van der Waals surface area contributed by atoms with Gasteiger partial charge in [0, 0.05) is 0 Å². The lowest BCUT2D eigenvalue weighted by atomic mass is 10.9. The zero-order valence-corrected chi connectivity index (χ0v) is 11.9. The Morgan fingerprint density at radius 2 is 0.870 bits per heavy atom. The van der Waals surface area contributed by atoms with Gasteiger partial charge in [-0.25, -0.2) is 18.9 Å². The maximum Gasteiger partial charge on any atom is 0.466 e. The Labute approximate surface area is 124 Å². The molecule has 0 unspecified atom stereocenters. The molecule has 17 heteroatoms. The Morgan fingerprint density at radius 3 is 1.04 bits per heavy atom. The van der Waals surface area contributed by atoms with E-state index >= 15 is 0 Å². The van der Waals surface area contributed by atoms with Crippen LogP contribution in [-0.2, 0) is 4.57 Å². The van der Waals surface area contributed by atoms with Crippen molar-refractivity contribution in [1.29, 1.82) is 0 Å². The number of nitrogen functional groups attached to an aromatic ring is 3. The highest BCUT2D eigenvalue weighted by molar-refractivity contribution is 7.45. The summed E-state index contributed by atoms with van der Waals surface area (Å²) in [5.41, 5.74) is 13.0. The first-order valence-electron chi connectivity index (χ1n) is 5.10. The van der Waals surface area contributed by atoms with E-state index in [0.29, 0.717) is 0 Å². The van der Waals surface area contributed by atoms with Crippen molar-refractivity contribution in [3.63, 3.8) is 0 Å². The molecule has 0 spiro atoms. The fourth-order valence-electron chi connectivity index (χ4n) is 0.830. The maximum absolute atomic E-state index is 10.2. The Bertz CT molecular complexity index is 713. The summed E-state index contributed by atoms with van der Waals surface area (Å²) in [4.78, 5) is 67.9. The third-order valence-electron chi connectivity index (χ3n) is 1.37. The van der Waals surface area contributed by atoms with Gasteiger partial charge in [0.05, 0.1) is 0 Å². The SMILES string of the molecule is Nc1nc(N)nc(N)n1.O=P(O)(O)O.O=c1[nH]c(=O)[nH]c(=O)[nH]1. The van der Waals surface area contributed by atoms with Crippen molar-refractivity contribution in [2.45, 2.75) is 0 Å². The van der Waals surface area contributed by atoms with E-state index in [-0.39, 0.29) is 17.8 Å².